The van der Waals surface area contributed by atoms with Gasteiger partial charge in [-0.1, -0.05) is 29.8 Å². The highest BCUT2D eigenvalue weighted by atomic mass is 35.5. The van der Waals surface area contributed by atoms with E-state index in [1.165, 1.54) is 13.2 Å². The highest BCUT2D eigenvalue weighted by Crippen LogP contribution is 2.44. The second-order valence-electron chi connectivity index (χ2n) is 10.2. The predicted molar refractivity (Wildman–Crippen MR) is 133 cm³/mol. The third-order valence-corrected chi connectivity index (χ3v) is 8.61. The van der Waals surface area contributed by atoms with Crippen LogP contribution in [0.2, 0.25) is 5.02 Å². The van der Waals surface area contributed by atoms with E-state index in [4.69, 9.17) is 27.9 Å². The maximum atomic E-state index is 15.2. The summed E-state index contributed by atoms with van der Waals surface area (Å²) in [4.78, 5) is 13.5. The molecular weight excluding hydrogens is 494 g/mol. The van der Waals surface area contributed by atoms with Gasteiger partial charge in [-0.3, -0.25) is 10.1 Å². The molecule has 1 amide bonds. The maximum Gasteiger partial charge on any atom is 0.261 e. The van der Waals surface area contributed by atoms with E-state index < -0.39 is 23.7 Å². The van der Waals surface area contributed by atoms with Crippen molar-refractivity contribution in [3.05, 3.63) is 46.4 Å². The van der Waals surface area contributed by atoms with Crippen LogP contribution in [0.15, 0.2) is 30.0 Å². The lowest BCUT2D eigenvalue weighted by Gasteiger charge is -2.45. The predicted octanol–water partition coefficient (Wildman–Crippen LogP) is 2.57. The van der Waals surface area contributed by atoms with Gasteiger partial charge in [-0.05, 0) is 62.7 Å². The standard InChI is InChI=1S/C25H33Cl2FN4O3/c1-35-23(33)17-9-13(17)12-29-8-7-15-11-18(16-3-2-4-19(27)22(16)28)25(31-15)24(34)30-21-10-14(26)5-6-20(21)32-25/h2-4,6,13-15,17-18,21,23,29,31-33H,5,7-12H2,1H3,(H,30,34)/t13?,14?,15?,17?,18?,21?,23-,25?/m0/s1. The Bertz CT molecular complexity index is 997. The highest BCUT2D eigenvalue weighted by Gasteiger charge is 2.57. The van der Waals surface area contributed by atoms with Crippen LogP contribution in [0.1, 0.15) is 43.6 Å². The Kier molecular flexibility index (Phi) is 7.32. The second kappa shape index (κ2) is 10.1. The lowest BCUT2D eigenvalue weighted by atomic mass is 9.81. The minimum Gasteiger partial charge on any atom is -0.368 e. The molecule has 0 radical (unpaired) electrons. The van der Waals surface area contributed by atoms with Crippen LogP contribution in [-0.2, 0) is 9.53 Å². The summed E-state index contributed by atoms with van der Waals surface area (Å²) in [5.74, 6) is -0.514. The molecule has 2 aliphatic heterocycles. The first-order chi connectivity index (χ1) is 16.8. The SMILES string of the molecule is CO[C@H](O)C1CC1CNCCC1CC(c2cccc(Cl)c2F)C2(NC3=CCC(Cl)CC3NC2=O)N1. The molecule has 192 valence electrons. The number of amides is 1. The first kappa shape index (κ1) is 25.2. The number of carbonyl (C=O) groups is 1. The number of allylic oxidation sites excluding steroid dienone is 1. The van der Waals surface area contributed by atoms with Crippen LogP contribution in [0.4, 0.5) is 4.39 Å². The quantitative estimate of drug-likeness (QED) is 0.203. The third-order valence-electron chi connectivity index (χ3n) is 7.96. The molecule has 1 saturated carbocycles. The van der Waals surface area contributed by atoms with Crippen LogP contribution < -0.4 is 21.3 Å². The fourth-order valence-corrected chi connectivity index (χ4v) is 6.38. The van der Waals surface area contributed by atoms with Crippen molar-refractivity contribution in [1.82, 2.24) is 21.3 Å². The minimum absolute atomic E-state index is 0.00906. The molecule has 10 heteroatoms. The number of methoxy groups -OCH3 is 1. The van der Waals surface area contributed by atoms with Gasteiger partial charge in [-0.15, -0.1) is 11.6 Å². The third kappa shape index (κ3) is 4.93. The molecule has 3 fully saturated rings. The van der Waals surface area contributed by atoms with Gasteiger partial charge in [-0.2, -0.15) is 0 Å². The number of carbonyl (C=O) groups excluding carboxylic acids is 1. The number of aliphatic hydroxyl groups is 1. The Morgan fingerprint density at radius 1 is 1.34 bits per heavy atom. The summed E-state index contributed by atoms with van der Waals surface area (Å²) >= 11 is 12.4. The van der Waals surface area contributed by atoms with E-state index in [0.29, 0.717) is 24.3 Å². The van der Waals surface area contributed by atoms with Crippen molar-refractivity contribution in [2.75, 3.05) is 20.2 Å². The molecule has 1 aromatic carbocycles. The lowest BCUT2D eigenvalue weighted by molar-refractivity contribution is -0.131. The number of ether oxygens (including phenoxy) is 1. The van der Waals surface area contributed by atoms with E-state index in [0.717, 1.165) is 38.0 Å². The summed E-state index contributed by atoms with van der Waals surface area (Å²) in [6.07, 6.45) is 5.02. The second-order valence-corrected chi connectivity index (χ2v) is 11.3. The average Bonchev–Trinajstić information content (AvgIpc) is 3.53. The van der Waals surface area contributed by atoms with E-state index in [9.17, 15) is 9.90 Å². The van der Waals surface area contributed by atoms with Crippen molar-refractivity contribution in [3.63, 3.8) is 0 Å². The number of hydrogen-bond donors (Lipinski definition) is 5. The number of rotatable bonds is 8. The lowest BCUT2D eigenvalue weighted by Crippen LogP contribution is -2.72. The number of piperazine rings is 1. The van der Waals surface area contributed by atoms with E-state index >= 15 is 4.39 Å². The minimum atomic E-state index is -1.16. The number of halogens is 3. The highest BCUT2D eigenvalue weighted by molar-refractivity contribution is 6.30. The topological polar surface area (TPSA) is 94.7 Å². The maximum absolute atomic E-state index is 15.2. The van der Waals surface area contributed by atoms with Gasteiger partial charge in [0.05, 0.1) is 11.1 Å². The molecule has 1 spiro atoms. The zero-order valence-electron chi connectivity index (χ0n) is 19.7. The van der Waals surface area contributed by atoms with Gasteiger partial charge in [-0.25, -0.2) is 4.39 Å². The van der Waals surface area contributed by atoms with E-state index in [-0.39, 0.29) is 34.3 Å². The summed E-state index contributed by atoms with van der Waals surface area (Å²) in [5.41, 5.74) is 0.196. The van der Waals surface area contributed by atoms with Crippen LogP contribution in [0.3, 0.4) is 0 Å². The average molecular weight is 527 g/mol. The fourth-order valence-electron chi connectivity index (χ4n) is 5.93. The van der Waals surface area contributed by atoms with Crippen LogP contribution in [0.25, 0.3) is 0 Å². The summed E-state index contributed by atoms with van der Waals surface area (Å²) < 4.78 is 20.2. The van der Waals surface area contributed by atoms with Crippen LogP contribution in [0.5, 0.6) is 0 Å². The molecule has 2 heterocycles. The molecule has 7 nitrogen and oxygen atoms in total. The van der Waals surface area contributed by atoms with Crippen LogP contribution in [-0.4, -0.2) is 60.6 Å². The van der Waals surface area contributed by atoms with Crippen molar-refractivity contribution in [2.24, 2.45) is 11.8 Å². The summed E-state index contributed by atoms with van der Waals surface area (Å²) in [6.45, 7) is 1.55. The van der Waals surface area contributed by atoms with Gasteiger partial charge >= 0.3 is 0 Å². The molecule has 2 aliphatic carbocycles. The molecule has 8 atom stereocenters. The van der Waals surface area contributed by atoms with Gasteiger partial charge in [0.2, 0.25) is 0 Å². The van der Waals surface area contributed by atoms with Crippen LogP contribution >= 0.6 is 23.2 Å². The smallest absolute Gasteiger partial charge is 0.261 e. The van der Waals surface area contributed by atoms with Gasteiger partial charge in [0.15, 0.2) is 12.0 Å². The van der Waals surface area contributed by atoms with Gasteiger partial charge in [0.25, 0.3) is 5.91 Å². The Balaban J connectivity index is 1.30. The van der Waals surface area contributed by atoms with Crippen molar-refractivity contribution in [1.29, 1.82) is 0 Å². The number of hydrogen-bond acceptors (Lipinski definition) is 6. The Labute approximate surface area is 215 Å². The molecule has 5 rings (SSSR count). The molecule has 1 aromatic rings. The molecule has 4 aliphatic rings. The largest absolute Gasteiger partial charge is 0.368 e. The normalized spacial score (nSPS) is 36.8. The van der Waals surface area contributed by atoms with Crippen LogP contribution in [0, 0.1) is 17.7 Å². The number of alkyl halides is 1. The Hall–Kier alpha value is -1.42. The number of fused-ring (bicyclic) bond motifs is 1. The molecular formula is C25H33Cl2FN4O3. The van der Waals surface area contributed by atoms with E-state index in [1.807, 2.05) is 6.08 Å². The van der Waals surface area contributed by atoms with Gasteiger partial charge in [0, 0.05) is 36.1 Å². The zero-order chi connectivity index (χ0) is 24.7. The molecule has 35 heavy (non-hydrogen) atoms. The molecule has 0 bridgehead atoms. The first-order valence-electron chi connectivity index (χ1n) is 12.4. The van der Waals surface area contributed by atoms with Crippen molar-refractivity contribution in [2.45, 2.75) is 67.4 Å². The fraction of sp³-hybridized carbons (Fsp3) is 0.640. The number of benzene rings is 1. The number of aliphatic hydroxyl groups excluding tert-OH is 1. The van der Waals surface area contributed by atoms with E-state index in [2.05, 4.69) is 21.3 Å². The van der Waals surface area contributed by atoms with Crippen molar-refractivity contribution < 1.29 is 19.0 Å². The van der Waals surface area contributed by atoms with Gasteiger partial charge < -0.3 is 25.8 Å². The summed E-state index contributed by atoms with van der Waals surface area (Å²) in [7, 11) is 1.52. The summed E-state index contributed by atoms with van der Waals surface area (Å²) in [6, 6.07) is 4.80. The summed E-state index contributed by atoms with van der Waals surface area (Å²) in [5, 5.41) is 23.4. The first-order valence-corrected chi connectivity index (χ1v) is 13.2. The zero-order valence-corrected chi connectivity index (χ0v) is 21.2. The monoisotopic (exact) mass is 526 g/mol. The Morgan fingerprint density at radius 3 is 2.97 bits per heavy atom. The molecule has 7 unspecified atom stereocenters. The van der Waals surface area contributed by atoms with Crippen molar-refractivity contribution >= 4 is 29.1 Å². The van der Waals surface area contributed by atoms with Gasteiger partial charge in [0.1, 0.15) is 5.82 Å². The van der Waals surface area contributed by atoms with E-state index in [1.54, 1.807) is 12.1 Å². The number of nitrogens with one attached hydrogen (secondary N) is 4. The molecule has 2 saturated heterocycles. The molecule has 0 aromatic heterocycles. The van der Waals surface area contributed by atoms with Crippen molar-refractivity contribution in [3.8, 4) is 0 Å². The molecule has 5 N–H and O–H groups in total. The Morgan fingerprint density at radius 2 is 2.17 bits per heavy atom.